The third-order valence-corrected chi connectivity index (χ3v) is 11.8. The van der Waals surface area contributed by atoms with E-state index in [4.69, 9.17) is 4.42 Å². The molecular formula is C48H28BN3O. The summed E-state index contributed by atoms with van der Waals surface area (Å²) in [6.45, 7) is 0.00777. The molecule has 0 saturated carbocycles. The zero-order valence-corrected chi connectivity index (χ0v) is 28.5. The molecule has 5 heteroatoms. The van der Waals surface area contributed by atoms with Crippen LogP contribution in [0.4, 0.5) is 17.1 Å². The fraction of sp³-hybridized carbons (Fsp3) is 0. The Morgan fingerprint density at radius 1 is 0.415 bits per heavy atom. The molecule has 0 fully saturated rings. The van der Waals surface area contributed by atoms with Crippen LogP contribution in [0.3, 0.4) is 0 Å². The van der Waals surface area contributed by atoms with Gasteiger partial charge in [-0.15, -0.1) is 0 Å². The average Bonchev–Trinajstić information content (AvgIpc) is 3.88. The Bertz CT molecular complexity index is 3320. The minimum absolute atomic E-state index is 0.00777. The lowest BCUT2D eigenvalue weighted by molar-refractivity contribution is 0.669. The monoisotopic (exact) mass is 673 g/mol. The Kier molecular flexibility index (Phi) is 5.16. The molecule has 244 valence electrons. The molecule has 0 bridgehead atoms. The predicted octanol–water partition coefficient (Wildman–Crippen LogP) is 10.4. The van der Waals surface area contributed by atoms with E-state index < -0.39 is 0 Å². The van der Waals surface area contributed by atoms with E-state index in [0.29, 0.717) is 0 Å². The van der Waals surface area contributed by atoms with Crippen molar-refractivity contribution in [2.75, 3.05) is 4.90 Å². The quantitative estimate of drug-likeness (QED) is 0.175. The Morgan fingerprint density at radius 3 is 1.74 bits per heavy atom. The van der Waals surface area contributed by atoms with E-state index in [0.717, 1.165) is 33.6 Å². The Hall–Kier alpha value is -6.98. The highest BCUT2D eigenvalue weighted by Gasteiger charge is 2.42. The van der Waals surface area contributed by atoms with Crippen molar-refractivity contribution in [1.29, 1.82) is 0 Å². The van der Waals surface area contributed by atoms with E-state index in [9.17, 15) is 0 Å². The van der Waals surface area contributed by atoms with Crippen molar-refractivity contribution in [1.82, 2.24) is 9.13 Å². The standard InChI is InChI=1S/C48H28BN3O/c1-3-14-29(15-4-1)50(30-16-5-2-6-17-30)31-26-40-46-41(27-31)52-39-24-11-8-19-34(39)45-44-35-20-9-12-25-42(35)53-43(44)28-37(48(45)52)49(46)36-22-13-21-33-32-18-7-10-23-38(32)51(40)47(33)36/h1-28H. The van der Waals surface area contributed by atoms with E-state index in [1.807, 2.05) is 0 Å². The number of anilines is 3. The van der Waals surface area contributed by atoms with Gasteiger partial charge in [-0.3, -0.25) is 0 Å². The van der Waals surface area contributed by atoms with Crippen LogP contribution < -0.4 is 21.3 Å². The molecule has 53 heavy (non-hydrogen) atoms. The van der Waals surface area contributed by atoms with Gasteiger partial charge < -0.3 is 18.5 Å². The maximum Gasteiger partial charge on any atom is 0.252 e. The summed E-state index contributed by atoms with van der Waals surface area (Å²) in [7, 11) is 0. The van der Waals surface area contributed by atoms with E-state index in [-0.39, 0.29) is 6.71 Å². The molecule has 0 saturated heterocycles. The minimum Gasteiger partial charge on any atom is -0.456 e. The van der Waals surface area contributed by atoms with Crippen LogP contribution in [0.1, 0.15) is 0 Å². The highest BCUT2D eigenvalue weighted by Crippen LogP contribution is 2.45. The van der Waals surface area contributed by atoms with Gasteiger partial charge in [0.1, 0.15) is 11.2 Å². The van der Waals surface area contributed by atoms with Crippen LogP contribution in [0.2, 0.25) is 0 Å². The lowest BCUT2D eigenvalue weighted by Crippen LogP contribution is -2.59. The van der Waals surface area contributed by atoms with Crippen LogP contribution in [-0.2, 0) is 0 Å². The normalized spacial score (nSPS) is 12.9. The SMILES string of the molecule is c1ccc(N(c2ccccc2)c2cc3c4c(c2)-n2c5ccccc5c5c6c(cc(c52)B4c2cccc4c5ccccc5n-3c24)oc2ccccc26)cc1. The molecule has 8 aromatic carbocycles. The van der Waals surface area contributed by atoms with E-state index in [1.165, 1.54) is 76.8 Å². The zero-order valence-electron chi connectivity index (χ0n) is 28.5. The number of hydrogen-bond donors (Lipinski definition) is 0. The molecule has 11 aromatic rings. The summed E-state index contributed by atoms with van der Waals surface area (Å²) in [6, 6.07) is 62.0. The van der Waals surface area contributed by atoms with Gasteiger partial charge in [-0.05, 0) is 77.1 Å². The molecule has 0 unspecified atom stereocenters. The molecule has 0 aliphatic carbocycles. The van der Waals surface area contributed by atoms with Crippen LogP contribution >= 0.6 is 0 Å². The topological polar surface area (TPSA) is 26.2 Å². The van der Waals surface area contributed by atoms with Crippen molar-refractivity contribution < 1.29 is 4.42 Å². The van der Waals surface area contributed by atoms with Gasteiger partial charge in [-0.25, -0.2) is 0 Å². The van der Waals surface area contributed by atoms with Crippen molar-refractivity contribution in [3.8, 4) is 11.4 Å². The summed E-state index contributed by atoms with van der Waals surface area (Å²) in [6.07, 6.45) is 0. The Morgan fingerprint density at radius 2 is 1.00 bits per heavy atom. The van der Waals surface area contributed by atoms with Gasteiger partial charge in [0.25, 0.3) is 6.71 Å². The van der Waals surface area contributed by atoms with Gasteiger partial charge in [0, 0.05) is 60.6 Å². The summed E-state index contributed by atoms with van der Waals surface area (Å²) in [5.41, 5.74) is 16.5. The van der Waals surface area contributed by atoms with E-state index >= 15 is 0 Å². The van der Waals surface area contributed by atoms with E-state index in [1.54, 1.807) is 0 Å². The summed E-state index contributed by atoms with van der Waals surface area (Å²) >= 11 is 0. The fourth-order valence-electron chi connectivity index (χ4n) is 9.88. The highest BCUT2D eigenvalue weighted by molar-refractivity contribution is 7.00. The van der Waals surface area contributed by atoms with Gasteiger partial charge in [-0.2, -0.15) is 0 Å². The highest BCUT2D eigenvalue weighted by atomic mass is 16.3. The number of benzene rings is 8. The fourth-order valence-corrected chi connectivity index (χ4v) is 9.88. The number of hydrogen-bond acceptors (Lipinski definition) is 2. The van der Waals surface area contributed by atoms with Gasteiger partial charge in [0.2, 0.25) is 0 Å². The summed E-state index contributed by atoms with van der Waals surface area (Å²) < 4.78 is 11.8. The first kappa shape index (κ1) is 27.7. The van der Waals surface area contributed by atoms with Crippen LogP contribution in [0.15, 0.2) is 174 Å². The molecule has 0 radical (unpaired) electrons. The molecular weight excluding hydrogens is 645 g/mol. The van der Waals surface area contributed by atoms with Crippen LogP contribution in [0.5, 0.6) is 0 Å². The summed E-state index contributed by atoms with van der Waals surface area (Å²) in [4.78, 5) is 2.40. The van der Waals surface area contributed by atoms with Crippen molar-refractivity contribution in [2.24, 2.45) is 0 Å². The number of aromatic nitrogens is 2. The first-order valence-electron chi connectivity index (χ1n) is 18.3. The molecule has 0 spiro atoms. The molecule has 2 aliphatic rings. The predicted molar refractivity (Wildman–Crippen MR) is 222 cm³/mol. The number of para-hydroxylation sites is 6. The second-order valence-corrected chi connectivity index (χ2v) is 14.4. The molecule has 13 rings (SSSR count). The number of fused-ring (bicyclic) bond motifs is 14. The van der Waals surface area contributed by atoms with Gasteiger partial charge in [-0.1, -0.05) is 109 Å². The largest absolute Gasteiger partial charge is 0.456 e. The first-order chi connectivity index (χ1) is 26.3. The summed E-state index contributed by atoms with van der Waals surface area (Å²) in [5, 5.41) is 7.40. The average molecular weight is 674 g/mol. The van der Waals surface area contributed by atoms with Gasteiger partial charge in [0.05, 0.1) is 22.2 Å². The number of furan rings is 1. The van der Waals surface area contributed by atoms with Crippen molar-refractivity contribution >= 4 is 106 Å². The third kappa shape index (κ3) is 3.42. The van der Waals surface area contributed by atoms with Crippen LogP contribution in [0, 0.1) is 0 Å². The van der Waals surface area contributed by atoms with E-state index in [2.05, 4.69) is 184 Å². The lowest BCUT2D eigenvalue weighted by atomic mass is 9.34. The number of rotatable bonds is 3. The second kappa shape index (κ2) is 9.87. The maximum atomic E-state index is 6.73. The molecule has 5 heterocycles. The molecule has 4 nitrogen and oxygen atoms in total. The molecule has 0 amide bonds. The number of nitrogens with zero attached hydrogens (tertiary/aromatic N) is 3. The lowest BCUT2D eigenvalue weighted by Gasteiger charge is -2.35. The molecule has 0 N–H and O–H groups in total. The van der Waals surface area contributed by atoms with Crippen LogP contribution in [0.25, 0.3) is 76.9 Å². The smallest absolute Gasteiger partial charge is 0.252 e. The molecule has 0 atom stereocenters. The maximum absolute atomic E-state index is 6.73. The van der Waals surface area contributed by atoms with Crippen molar-refractivity contribution in [3.05, 3.63) is 170 Å². The summed E-state index contributed by atoms with van der Waals surface area (Å²) in [5.74, 6) is 0. The second-order valence-electron chi connectivity index (χ2n) is 14.4. The van der Waals surface area contributed by atoms with Crippen molar-refractivity contribution in [3.63, 3.8) is 0 Å². The third-order valence-electron chi connectivity index (χ3n) is 11.8. The van der Waals surface area contributed by atoms with Gasteiger partial charge in [0.15, 0.2) is 0 Å². The first-order valence-corrected chi connectivity index (χ1v) is 18.3. The molecule has 2 aliphatic heterocycles. The zero-order chi connectivity index (χ0) is 34.4. The van der Waals surface area contributed by atoms with Gasteiger partial charge >= 0.3 is 0 Å². The Balaban J connectivity index is 1.27. The van der Waals surface area contributed by atoms with Crippen molar-refractivity contribution in [2.45, 2.75) is 0 Å². The minimum atomic E-state index is 0.00777. The Labute approximate surface area is 304 Å². The van der Waals surface area contributed by atoms with Crippen LogP contribution in [-0.4, -0.2) is 15.8 Å². The molecule has 3 aromatic heterocycles.